The van der Waals surface area contributed by atoms with Crippen molar-refractivity contribution in [1.82, 2.24) is 14.5 Å². The molecule has 0 bridgehead atoms. The zero-order valence-electron chi connectivity index (χ0n) is 11.6. The zero-order chi connectivity index (χ0) is 15.5. The summed E-state index contributed by atoms with van der Waals surface area (Å²) in [5.74, 6) is 0. The topological polar surface area (TPSA) is 90.0 Å². The van der Waals surface area contributed by atoms with Crippen LogP contribution in [0.5, 0.6) is 0 Å². The Labute approximate surface area is 129 Å². The predicted molar refractivity (Wildman–Crippen MR) is 81.4 cm³/mol. The number of sulfonamides is 1. The van der Waals surface area contributed by atoms with Crippen LogP contribution in [0, 0.1) is 0 Å². The molecule has 0 atom stereocenters. The summed E-state index contributed by atoms with van der Waals surface area (Å²) in [5.41, 5.74) is 7.17. The number of nitrogens with zero attached hydrogens (tertiary/aromatic N) is 2. The third-order valence-corrected chi connectivity index (χ3v) is 4.96. The van der Waals surface area contributed by atoms with Gasteiger partial charge in [0.15, 0.2) is 0 Å². The first kappa shape index (κ1) is 16.0. The van der Waals surface area contributed by atoms with Gasteiger partial charge in [-0.15, -0.1) is 0 Å². The van der Waals surface area contributed by atoms with E-state index in [0.29, 0.717) is 17.0 Å². The summed E-state index contributed by atoms with van der Waals surface area (Å²) in [4.78, 5) is 0.134. The molecule has 0 saturated heterocycles. The molecule has 1 aromatic carbocycles. The van der Waals surface area contributed by atoms with Gasteiger partial charge in [0.2, 0.25) is 10.0 Å². The lowest BCUT2D eigenvalue weighted by atomic mass is 10.2. The molecule has 0 unspecified atom stereocenters. The number of rotatable bonds is 6. The van der Waals surface area contributed by atoms with Gasteiger partial charge in [0.05, 0.1) is 4.90 Å². The molecule has 8 heteroatoms. The highest BCUT2D eigenvalue weighted by atomic mass is 35.5. The smallest absolute Gasteiger partial charge is 0.240 e. The fourth-order valence-corrected chi connectivity index (χ4v) is 3.28. The number of halogens is 1. The van der Waals surface area contributed by atoms with Gasteiger partial charge in [-0.2, -0.15) is 5.10 Å². The summed E-state index contributed by atoms with van der Waals surface area (Å²) < 4.78 is 28.6. The van der Waals surface area contributed by atoms with E-state index in [1.807, 2.05) is 13.1 Å². The number of aryl methyl sites for hydroxylation is 1. The van der Waals surface area contributed by atoms with Gasteiger partial charge < -0.3 is 5.73 Å². The largest absolute Gasteiger partial charge is 0.326 e. The third-order valence-electron chi connectivity index (χ3n) is 3.15. The quantitative estimate of drug-likeness (QED) is 0.829. The normalized spacial score (nSPS) is 11.8. The Balaban J connectivity index is 2.05. The van der Waals surface area contributed by atoms with Crippen molar-refractivity contribution in [2.75, 3.05) is 6.54 Å². The van der Waals surface area contributed by atoms with Gasteiger partial charge in [0, 0.05) is 43.5 Å². The lowest BCUT2D eigenvalue weighted by Gasteiger charge is -2.09. The molecule has 2 aromatic rings. The Morgan fingerprint density at radius 1 is 1.38 bits per heavy atom. The number of hydrogen-bond donors (Lipinski definition) is 2. The SMILES string of the molecule is Cn1nccc1CCNS(=O)(=O)c1ccc(CN)c(Cl)c1. The van der Waals surface area contributed by atoms with Gasteiger partial charge in [-0.1, -0.05) is 17.7 Å². The molecule has 1 heterocycles. The van der Waals surface area contributed by atoms with Crippen molar-refractivity contribution in [3.8, 4) is 0 Å². The summed E-state index contributed by atoms with van der Waals surface area (Å²) >= 11 is 5.99. The second-order valence-corrected chi connectivity index (χ2v) is 6.73. The molecular formula is C13H17ClN4O2S. The van der Waals surface area contributed by atoms with Crippen LogP contribution in [-0.2, 0) is 30.0 Å². The van der Waals surface area contributed by atoms with Gasteiger partial charge in [0.1, 0.15) is 0 Å². The van der Waals surface area contributed by atoms with Gasteiger partial charge in [0.25, 0.3) is 0 Å². The summed E-state index contributed by atoms with van der Waals surface area (Å²) in [6.45, 7) is 0.561. The number of nitrogens with two attached hydrogens (primary N) is 1. The van der Waals surface area contributed by atoms with Crippen molar-refractivity contribution in [2.45, 2.75) is 17.9 Å². The molecule has 0 aliphatic rings. The summed E-state index contributed by atoms with van der Waals surface area (Å²) in [5, 5.41) is 4.38. The average molecular weight is 329 g/mol. The lowest BCUT2D eigenvalue weighted by Crippen LogP contribution is -2.26. The fourth-order valence-electron chi connectivity index (χ4n) is 1.90. The van der Waals surface area contributed by atoms with E-state index in [1.165, 1.54) is 12.1 Å². The van der Waals surface area contributed by atoms with Crippen molar-refractivity contribution in [1.29, 1.82) is 0 Å². The molecular weight excluding hydrogens is 312 g/mol. The highest BCUT2D eigenvalue weighted by molar-refractivity contribution is 7.89. The molecule has 0 aliphatic heterocycles. The van der Waals surface area contributed by atoms with Gasteiger partial charge in [-0.3, -0.25) is 4.68 Å². The maximum atomic E-state index is 12.2. The van der Waals surface area contributed by atoms with E-state index in [9.17, 15) is 8.42 Å². The first-order valence-electron chi connectivity index (χ1n) is 6.39. The Bertz CT molecular complexity index is 728. The first-order valence-corrected chi connectivity index (χ1v) is 8.25. The summed E-state index contributed by atoms with van der Waals surface area (Å²) in [6.07, 6.45) is 2.24. The van der Waals surface area contributed by atoms with Crippen molar-refractivity contribution < 1.29 is 8.42 Å². The minimum atomic E-state index is -3.58. The molecule has 1 aromatic heterocycles. The molecule has 0 amide bonds. The molecule has 6 nitrogen and oxygen atoms in total. The standard InChI is InChI=1S/C13H17ClN4O2S/c1-18-11(4-6-16-18)5-7-17-21(19,20)12-3-2-10(9-15)13(14)8-12/h2-4,6,8,17H,5,7,9,15H2,1H3. The third kappa shape index (κ3) is 3.82. The average Bonchev–Trinajstić information content (AvgIpc) is 2.84. The second kappa shape index (κ2) is 6.57. The maximum Gasteiger partial charge on any atom is 0.240 e. The second-order valence-electron chi connectivity index (χ2n) is 4.55. The van der Waals surface area contributed by atoms with E-state index in [2.05, 4.69) is 9.82 Å². The van der Waals surface area contributed by atoms with Crippen LogP contribution in [0.15, 0.2) is 35.4 Å². The van der Waals surface area contributed by atoms with E-state index in [-0.39, 0.29) is 18.0 Å². The molecule has 3 N–H and O–H groups in total. The number of hydrogen-bond acceptors (Lipinski definition) is 4. The van der Waals surface area contributed by atoms with Crippen molar-refractivity contribution in [2.24, 2.45) is 12.8 Å². The highest BCUT2D eigenvalue weighted by Gasteiger charge is 2.15. The highest BCUT2D eigenvalue weighted by Crippen LogP contribution is 2.20. The van der Waals surface area contributed by atoms with E-state index >= 15 is 0 Å². The first-order chi connectivity index (χ1) is 9.94. The van der Waals surface area contributed by atoms with Crippen LogP contribution >= 0.6 is 11.6 Å². The van der Waals surface area contributed by atoms with Crippen LogP contribution in [0.3, 0.4) is 0 Å². The van der Waals surface area contributed by atoms with Crippen LogP contribution < -0.4 is 10.5 Å². The van der Waals surface area contributed by atoms with E-state index in [4.69, 9.17) is 17.3 Å². The minimum absolute atomic E-state index is 0.134. The zero-order valence-corrected chi connectivity index (χ0v) is 13.2. The lowest BCUT2D eigenvalue weighted by molar-refractivity contribution is 0.579. The van der Waals surface area contributed by atoms with Crippen LogP contribution in [0.2, 0.25) is 5.02 Å². The molecule has 114 valence electrons. The summed E-state index contributed by atoms with van der Waals surface area (Å²) in [6, 6.07) is 6.38. The molecule has 0 radical (unpaired) electrons. The van der Waals surface area contributed by atoms with Crippen LogP contribution in [0.25, 0.3) is 0 Å². The molecule has 21 heavy (non-hydrogen) atoms. The Hall–Kier alpha value is -1.41. The van der Waals surface area contributed by atoms with Gasteiger partial charge >= 0.3 is 0 Å². The van der Waals surface area contributed by atoms with Crippen molar-refractivity contribution in [3.63, 3.8) is 0 Å². The maximum absolute atomic E-state index is 12.2. The van der Waals surface area contributed by atoms with E-state index in [0.717, 1.165) is 5.69 Å². The Morgan fingerprint density at radius 3 is 2.71 bits per heavy atom. The van der Waals surface area contributed by atoms with Gasteiger partial charge in [-0.05, 0) is 23.8 Å². The van der Waals surface area contributed by atoms with Crippen molar-refractivity contribution in [3.05, 3.63) is 46.7 Å². The minimum Gasteiger partial charge on any atom is -0.326 e. The van der Waals surface area contributed by atoms with Crippen LogP contribution in [0.1, 0.15) is 11.3 Å². The fraction of sp³-hybridized carbons (Fsp3) is 0.308. The Morgan fingerprint density at radius 2 is 2.14 bits per heavy atom. The number of nitrogens with one attached hydrogen (secondary N) is 1. The molecule has 0 saturated carbocycles. The molecule has 0 aliphatic carbocycles. The Kier molecular flexibility index (Phi) is 5.00. The van der Waals surface area contributed by atoms with Gasteiger partial charge in [-0.25, -0.2) is 13.1 Å². The summed E-state index contributed by atoms with van der Waals surface area (Å²) in [7, 11) is -1.76. The van der Waals surface area contributed by atoms with E-state index < -0.39 is 10.0 Å². The van der Waals surface area contributed by atoms with Crippen molar-refractivity contribution >= 4 is 21.6 Å². The molecule has 0 spiro atoms. The van der Waals surface area contributed by atoms with Crippen LogP contribution in [0.4, 0.5) is 0 Å². The predicted octanol–water partition coefficient (Wildman–Crippen LogP) is 1.05. The monoisotopic (exact) mass is 328 g/mol. The number of benzene rings is 1. The number of aromatic nitrogens is 2. The molecule has 0 fully saturated rings. The van der Waals surface area contributed by atoms with Crippen LogP contribution in [-0.4, -0.2) is 24.7 Å². The molecule has 2 rings (SSSR count). The van der Waals surface area contributed by atoms with E-state index in [1.54, 1.807) is 16.9 Å².